The number of fused-ring (bicyclic) bond motifs is 1. The summed E-state index contributed by atoms with van der Waals surface area (Å²) in [6.45, 7) is 5.09. The largest absolute Gasteiger partial charge is 0.376 e. The second kappa shape index (κ2) is 7.04. The number of carbonyl (C=O) groups is 1. The van der Waals surface area contributed by atoms with E-state index in [4.69, 9.17) is 9.72 Å². The molecule has 2 saturated heterocycles. The Bertz CT molecular complexity index is 743. The first-order valence-corrected chi connectivity index (χ1v) is 9.30. The number of benzene rings is 1. The first-order chi connectivity index (χ1) is 12.2. The van der Waals surface area contributed by atoms with E-state index in [0.717, 1.165) is 62.2 Å². The molecule has 0 aliphatic carbocycles. The minimum Gasteiger partial charge on any atom is -0.376 e. The van der Waals surface area contributed by atoms with Gasteiger partial charge in [-0.15, -0.1) is 0 Å². The van der Waals surface area contributed by atoms with Crippen LogP contribution in [0.4, 0.5) is 4.79 Å². The predicted molar refractivity (Wildman–Crippen MR) is 96.8 cm³/mol. The summed E-state index contributed by atoms with van der Waals surface area (Å²) in [5.74, 6) is 1.45. The zero-order valence-electron chi connectivity index (χ0n) is 14.8. The Kier molecular flexibility index (Phi) is 4.61. The van der Waals surface area contributed by atoms with Crippen LogP contribution in [0, 0.1) is 6.92 Å². The highest BCUT2D eigenvalue weighted by Gasteiger charge is 2.26. The van der Waals surface area contributed by atoms with Gasteiger partial charge in [0.1, 0.15) is 5.82 Å². The molecule has 2 aliphatic heterocycles. The third-order valence-corrected chi connectivity index (χ3v) is 5.33. The van der Waals surface area contributed by atoms with Gasteiger partial charge in [-0.05, 0) is 50.3 Å². The second-order valence-electron chi connectivity index (χ2n) is 7.23. The van der Waals surface area contributed by atoms with Crippen molar-refractivity contribution in [3.05, 3.63) is 29.6 Å². The summed E-state index contributed by atoms with van der Waals surface area (Å²) in [5.41, 5.74) is 3.37. The molecule has 0 radical (unpaired) electrons. The van der Waals surface area contributed by atoms with Crippen LogP contribution >= 0.6 is 0 Å². The number of H-pyrrole nitrogens is 1. The molecule has 2 amide bonds. The third-order valence-electron chi connectivity index (χ3n) is 5.33. The van der Waals surface area contributed by atoms with E-state index >= 15 is 0 Å². The molecule has 2 fully saturated rings. The zero-order chi connectivity index (χ0) is 17.2. The number of ether oxygens (including phenoxy) is 1. The van der Waals surface area contributed by atoms with E-state index in [0.29, 0.717) is 12.5 Å². The van der Waals surface area contributed by atoms with Gasteiger partial charge in [0.25, 0.3) is 0 Å². The highest BCUT2D eigenvalue weighted by Crippen LogP contribution is 2.28. The lowest BCUT2D eigenvalue weighted by atomic mass is 9.96. The van der Waals surface area contributed by atoms with Gasteiger partial charge in [-0.1, -0.05) is 6.07 Å². The monoisotopic (exact) mass is 342 g/mol. The zero-order valence-corrected chi connectivity index (χ0v) is 14.8. The molecule has 4 rings (SSSR count). The highest BCUT2D eigenvalue weighted by atomic mass is 16.5. The Morgan fingerprint density at radius 1 is 1.36 bits per heavy atom. The van der Waals surface area contributed by atoms with Gasteiger partial charge in [-0.3, -0.25) is 0 Å². The van der Waals surface area contributed by atoms with Crippen LogP contribution in [0.3, 0.4) is 0 Å². The third kappa shape index (κ3) is 3.63. The van der Waals surface area contributed by atoms with E-state index in [1.54, 1.807) is 0 Å². The minimum atomic E-state index is 0.0363. The molecular formula is C19H26N4O2. The lowest BCUT2D eigenvalue weighted by molar-refractivity contribution is 0.108. The fourth-order valence-electron chi connectivity index (χ4n) is 3.81. The molecule has 0 unspecified atom stereocenters. The van der Waals surface area contributed by atoms with Crippen molar-refractivity contribution >= 4 is 17.1 Å². The number of urea groups is 1. The Morgan fingerprint density at radius 2 is 2.20 bits per heavy atom. The molecule has 134 valence electrons. The number of amides is 2. The van der Waals surface area contributed by atoms with Gasteiger partial charge in [0.05, 0.1) is 17.1 Å². The van der Waals surface area contributed by atoms with Crippen molar-refractivity contribution in [1.29, 1.82) is 0 Å². The van der Waals surface area contributed by atoms with Crippen LogP contribution in [0.2, 0.25) is 0 Å². The fraction of sp³-hybridized carbons (Fsp3) is 0.579. The molecular weight excluding hydrogens is 316 g/mol. The molecule has 1 atom stereocenters. The number of aromatic nitrogens is 2. The van der Waals surface area contributed by atoms with E-state index in [-0.39, 0.29) is 12.1 Å². The number of imidazole rings is 1. The summed E-state index contributed by atoms with van der Waals surface area (Å²) in [4.78, 5) is 22.4. The van der Waals surface area contributed by atoms with E-state index < -0.39 is 0 Å². The van der Waals surface area contributed by atoms with Crippen LogP contribution in [0.1, 0.15) is 43.0 Å². The molecule has 1 aromatic carbocycles. The summed E-state index contributed by atoms with van der Waals surface area (Å²) in [7, 11) is 0. The molecule has 3 heterocycles. The smallest absolute Gasteiger partial charge is 0.317 e. The number of piperidine rings is 1. The van der Waals surface area contributed by atoms with Crippen molar-refractivity contribution in [2.75, 3.05) is 26.2 Å². The summed E-state index contributed by atoms with van der Waals surface area (Å²) in [6.07, 6.45) is 4.25. The van der Waals surface area contributed by atoms with Gasteiger partial charge in [-0.25, -0.2) is 9.78 Å². The lowest BCUT2D eigenvalue weighted by Crippen LogP contribution is -2.46. The number of hydrogen-bond acceptors (Lipinski definition) is 3. The first kappa shape index (κ1) is 16.4. The Morgan fingerprint density at radius 3 is 2.96 bits per heavy atom. The van der Waals surface area contributed by atoms with Crippen LogP contribution < -0.4 is 5.32 Å². The molecule has 0 saturated carbocycles. The summed E-state index contributed by atoms with van der Waals surface area (Å²) >= 11 is 0. The normalized spacial score (nSPS) is 21.8. The molecule has 0 bridgehead atoms. The highest BCUT2D eigenvalue weighted by molar-refractivity contribution is 5.76. The predicted octanol–water partition coefficient (Wildman–Crippen LogP) is 2.94. The molecule has 6 heteroatoms. The van der Waals surface area contributed by atoms with E-state index in [2.05, 4.69) is 35.4 Å². The van der Waals surface area contributed by atoms with Gasteiger partial charge in [0.2, 0.25) is 0 Å². The number of aromatic amines is 1. The lowest BCUT2D eigenvalue weighted by Gasteiger charge is -2.31. The number of nitrogens with zero attached hydrogens (tertiary/aromatic N) is 2. The molecule has 2 aromatic rings. The molecule has 1 aromatic heterocycles. The van der Waals surface area contributed by atoms with Crippen LogP contribution in [-0.2, 0) is 4.74 Å². The molecule has 0 spiro atoms. The molecule has 2 aliphatic rings. The first-order valence-electron chi connectivity index (χ1n) is 9.30. The van der Waals surface area contributed by atoms with Crippen LogP contribution in [0.25, 0.3) is 11.0 Å². The maximum Gasteiger partial charge on any atom is 0.317 e. The van der Waals surface area contributed by atoms with Crippen molar-refractivity contribution in [3.8, 4) is 0 Å². The van der Waals surface area contributed by atoms with Gasteiger partial charge in [-0.2, -0.15) is 0 Å². The van der Waals surface area contributed by atoms with E-state index in [1.165, 1.54) is 5.56 Å². The van der Waals surface area contributed by atoms with Crippen LogP contribution in [0.5, 0.6) is 0 Å². The number of likely N-dealkylation sites (tertiary alicyclic amines) is 1. The number of rotatable bonds is 3. The number of carbonyl (C=O) groups excluding carboxylic acids is 1. The second-order valence-corrected chi connectivity index (χ2v) is 7.23. The quantitative estimate of drug-likeness (QED) is 0.901. The Hall–Kier alpha value is -2.08. The van der Waals surface area contributed by atoms with Crippen LogP contribution in [0.15, 0.2) is 18.2 Å². The Balaban J connectivity index is 1.31. The molecule has 6 nitrogen and oxygen atoms in total. The van der Waals surface area contributed by atoms with E-state index in [9.17, 15) is 4.79 Å². The molecule has 25 heavy (non-hydrogen) atoms. The minimum absolute atomic E-state index is 0.0363. The van der Waals surface area contributed by atoms with Gasteiger partial charge in [0.15, 0.2) is 0 Å². The van der Waals surface area contributed by atoms with Crippen LogP contribution in [-0.4, -0.2) is 53.2 Å². The van der Waals surface area contributed by atoms with Gasteiger partial charge < -0.3 is 19.9 Å². The maximum atomic E-state index is 12.3. The van der Waals surface area contributed by atoms with E-state index in [1.807, 2.05) is 4.90 Å². The average molecular weight is 342 g/mol. The SMILES string of the molecule is Cc1ccc2nc(C3CCN(C(=O)NC[C@H]4CCCO4)CC3)[nH]c2c1. The average Bonchev–Trinajstić information content (AvgIpc) is 3.29. The van der Waals surface area contributed by atoms with Crippen molar-refractivity contribution < 1.29 is 9.53 Å². The summed E-state index contributed by atoms with van der Waals surface area (Å²) in [5, 5.41) is 3.02. The van der Waals surface area contributed by atoms with Crippen molar-refractivity contribution in [1.82, 2.24) is 20.2 Å². The van der Waals surface area contributed by atoms with Crippen molar-refractivity contribution in [3.63, 3.8) is 0 Å². The maximum absolute atomic E-state index is 12.3. The van der Waals surface area contributed by atoms with Gasteiger partial charge >= 0.3 is 6.03 Å². The van der Waals surface area contributed by atoms with Crippen molar-refractivity contribution in [2.45, 2.75) is 44.6 Å². The number of hydrogen-bond donors (Lipinski definition) is 2. The standard InChI is InChI=1S/C19H26N4O2/c1-13-4-5-16-17(11-13)22-18(21-16)14-6-8-23(9-7-14)19(24)20-12-15-3-2-10-25-15/h4-5,11,14-15H,2-3,6-10,12H2,1H3,(H,20,24)(H,21,22)/t15-/m1/s1. The number of aryl methyl sites for hydroxylation is 1. The summed E-state index contributed by atoms with van der Waals surface area (Å²) in [6, 6.07) is 6.33. The fourth-order valence-corrected chi connectivity index (χ4v) is 3.81. The van der Waals surface area contributed by atoms with Gasteiger partial charge in [0, 0.05) is 32.2 Å². The summed E-state index contributed by atoms with van der Waals surface area (Å²) < 4.78 is 5.56. The topological polar surface area (TPSA) is 70.2 Å². The molecule has 2 N–H and O–H groups in total. The Labute approximate surface area is 147 Å². The van der Waals surface area contributed by atoms with Crippen molar-refractivity contribution in [2.24, 2.45) is 0 Å². The number of nitrogens with one attached hydrogen (secondary N) is 2.